The van der Waals surface area contributed by atoms with Crippen LogP contribution in [0.1, 0.15) is 24.0 Å². The third-order valence-electron chi connectivity index (χ3n) is 5.57. The lowest BCUT2D eigenvalue weighted by atomic mass is 10.0. The molecule has 2 atom stereocenters. The number of hydrogen-bond donors (Lipinski definition) is 3. The van der Waals surface area contributed by atoms with Gasteiger partial charge in [0.15, 0.2) is 11.6 Å². The Hall–Kier alpha value is -3.62. The van der Waals surface area contributed by atoms with E-state index in [2.05, 4.69) is 21.9 Å². The molecule has 0 spiro atoms. The van der Waals surface area contributed by atoms with Crippen LogP contribution in [0.5, 0.6) is 11.5 Å². The van der Waals surface area contributed by atoms with Crippen molar-refractivity contribution in [3.63, 3.8) is 0 Å². The number of aliphatic hydroxyl groups excluding tert-OH is 1. The molecule has 3 N–H and O–H groups in total. The average molecular weight is 448 g/mol. The second-order valence-corrected chi connectivity index (χ2v) is 7.84. The monoisotopic (exact) mass is 447 g/mol. The smallest absolute Gasteiger partial charge is 0.165 e. The average Bonchev–Trinajstić information content (AvgIpc) is 2.85. The van der Waals surface area contributed by atoms with E-state index in [1.165, 1.54) is 18.5 Å². The molecule has 3 aromatic rings. The van der Waals surface area contributed by atoms with Crippen LogP contribution in [-0.4, -0.2) is 51.0 Å². The predicted molar refractivity (Wildman–Crippen MR) is 125 cm³/mol. The van der Waals surface area contributed by atoms with Crippen molar-refractivity contribution >= 4 is 11.5 Å². The van der Waals surface area contributed by atoms with Gasteiger partial charge in [-0.2, -0.15) is 0 Å². The second kappa shape index (κ2) is 10.3. The Bertz CT molecular complexity index is 1120. The highest BCUT2D eigenvalue weighted by Gasteiger charge is 2.24. The van der Waals surface area contributed by atoms with Crippen LogP contribution in [0.4, 0.5) is 10.2 Å². The van der Waals surface area contributed by atoms with Crippen LogP contribution in [0.3, 0.4) is 0 Å². The van der Waals surface area contributed by atoms with Gasteiger partial charge in [0.25, 0.3) is 0 Å². The van der Waals surface area contributed by atoms with E-state index in [-0.39, 0.29) is 17.5 Å². The summed E-state index contributed by atoms with van der Waals surface area (Å²) in [6.45, 7) is 5.11. The minimum absolute atomic E-state index is 0.0753. The second-order valence-electron chi connectivity index (χ2n) is 7.84. The van der Waals surface area contributed by atoms with E-state index in [1.807, 2.05) is 4.90 Å². The van der Waals surface area contributed by atoms with Gasteiger partial charge in [0.1, 0.15) is 24.1 Å². The number of anilines is 1. The lowest BCUT2D eigenvalue weighted by Crippen LogP contribution is -2.46. The van der Waals surface area contributed by atoms with Crippen LogP contribution in [-0.2, 0) is 0 Å². The number of nitrogens with zero attached hydrogens (tertiary/aromatic N) is 3. The van der Waals surface area contributed by atoms with Gasteiger partial charge in [-0.3, -0.25) is 10.3 Å². The fourth-order valence-corrected chi connectivity index (χ4v) is 3.83. The maximum absolute atomic E-state index is 13.8. The molecule has 1 aliphatic heterocycles. The number of aliphatic hydroxyl groups is 1. The first kappa shape index (κ1) is 22.6. The largest absolute Gasteiger partial charge is 0.454 e. The molecule has 7 nitrogen and oxygen atoms in total. The molecule has 2 unspecified atom stereocenters. The molecule has 0 radical (unpaired) electrons. The Morgan fingerprint density at radius 1 is 1.27 bits per heavy atom. The number of halogens is 1. The summed E-state index contributed by atoms with van der Waals surface area (Å²) >= 11 is 0. The number of piperidine rings is 1. The fourth-order valence-electron chi connectivity index (χ4n) is 3.83. The summed E-state index contributed by atoms with van der Waals surface area (Å²) in [5.41, 5.74) is 1.48. The molecule has 33 heavy (non-hydrogen) atoms. The lowest BCUT2D eigenvalue weighted by Gasteiger charge is -2.35. The van der Waals surface area contributed by atoms with Crippen LogP contribution in [0.2, 0.25) is 0 Å². The molecule has 2 heterocycles. The fraction of sp³-hybridized carbons (Fsp3) is 0.240. The summed E-state index contributed by atoms with van der Waals surface area (Å²) in [5, 5.41) is 22.2. The molecule has 0 bridgehead atoms. The zero-order valence-electron chi connectivity index (χ0n) is 18.1. The van der Waals surface area contributed by atoms with Crippen molar-refractivity contribution in [3.8, 4) is 11.5 Å². The molecular weight excluding hydrogens is 421 g/mol. The summed E-state index contributed by atoms with van der Waals surface area (Å²) in [6.07, 6.45) is 5.77. The van der Waals surface area contributed by atoms with Crippen LogP contribution >= 0.6 is 0 Å². The molecule has 170 valence electrons. The Kier molecular flexibility index (Phi) is 7.07. The van der Waals surface area contributed by atoms with Gasteiger partial charge >= 0.3 is 0 Å². The van der Waals surface area contributed by atoms with Gasteiger partial charge in [0.05, 0.1) is 11.3 Å². The van der Waals surface area contributed by atoms with Crippen LogP contribution in [0.25, 0.3) is 0 Å². The first-order valence-electron chi connectivity index (χ1n) is 10.8. The maximum Gasteiger partial charge on any atom is 0.165 e. The van der Waals surface area contributed by atoms with Gasteiger partial charge in [-0.1, -0.05) is 18.7 Å². The van der Waals surface area contributed by atoms with Crippen molar-refractivity contribution in [3.05, 3.63) is 90.7 Å². The van der Waals surface area contributed by atoms with Gasteiger partial charge in [-0.15, -0.1) is 0 Å². The van der Waals surface area contributed by atoms with Crippen LogP contribution in [0.15, 0.2) is 73.7 Å². The third-order valence-corrected chi connectivity index (χ3v) is 5.57. The lowest BCUT2D eigenvalue weighted by molar-refractivity contribution is 0.0251. The number of nitrogens with one attached hydrogen (secondary N) is 2. The van der Waals surface area contributed by atoms with Gasteiger partial charge in [0.2, 0.25) is 0 Å². The molecule has 8 heteroatoms. The summed E-state index contributed by atoms with van der Waals surface area (Å²) < 4.78 is 19.4. The van der Waals surface area contributed by atoms with Crippen molar-refractivity contribution in [2.24, 2.45) is 0 Å². The molecule has 1 aromatic heterocycles. The molecule has 4 rings (SSSR count). The summed E-state index contributed by atoms with van der Waals surface area (Å²) in [4.78, 5) is 10.4. The SMILES string of the molecule is C=CC(O)N1CCCC(Nc2ncncc2C(=N)c2ccc(Oc3ccccc3F)cc2)C1. The highest BCUT2D eigenvalue weighted by molar-refractivity contribution is 6.13. The number of likely N-dealkylation sites (tertiary alicyclic amines) is 1. The van der Waals surface area contributed by atoms with E-state index in [1.54, 1.807) is 48.7 Å². The molecule has 1 saturated heterocycles. The highest BCUT2D eigenvalue weighted by Crippen LogP contribution is 2.26. The maximum atomic E-state index is 13.8. The molecule has 0 saturated carbocycles. The van der Waals surface area contributed by atoms with E-state index >= 15 is 0 Å². The van der Waals surface area contributed by atoms with Crippen molar-refractivity contribution in [2.45, 2.75) is 25.1 Å². The molecular formula is C25H26FN5O2. The van der Waals surface area contributed by atoms with E-state index in [0.717, 1.165) is 19.4 Å². The molecule has 1 fully saturated rings. The molecule has 0 aliphatic carbocycles. The van der Waals surface area contributed by atoms with Crippen LogP contribution in [0, 0.1) is 11.2 Å². The van der Waals surface area contributed by atoms with Crippen LogP contribution < -0.4 is 10.1 Å². The third kappa shape index (κ3) is 5.42. The minimum atomic E-state index is -0.678. The first-order valence-corrected chi connectivity index (χ1v) is 10.8. The zero-order chi connectivity index (χ0) is 23.2. The zero-order valence-corrected chi connectivity index (χ0v) is 18.1. The normalized spacial score (nSPS) is 17.2. The van der Waals surface area contributed by atoms with Gasteiger partial charge in [0, 0.05) is 30.9 Å². The Morgan fingerprint density at radius 3 is 2.82 bits per heavy atom. The minimum Gasteiger partial charge on any atom is -0.454 e. The number of rotatable bonds is 8. The number of ether oxygens (including phenoxy) is 1. The van der Waals surface area contributed by atoms with E-state index in [0.29, 0.717) is 29.2 Å². The molecule has 2 aromatic carbocycles. The summed E-state index contributed by atoms with van der Waals surface area (Å²) in [7, 11) is 0. The van der Waals surface area contributed by atoms with Crippen molar-refractivity contribution in [1.29, 1.82) is 5.41 Å². The van der Waals surface area contributed by atoms with Gasteiger partial charge in [-0.05, 0) is 55.3 Å². The van der Waals surface area contributed by atoms with E-state index in [9.17, 15) is 9.50 Å². The quantitative estimate of drug-likeness (QED) is 0.354. The number of para-hydroxylation sites is 1. The van der Waals surface area contributed by atoms with Gasteiger partial charge < -0.3 is 15.2 Å². The number of benzene rings is 2. The Labute approximate surface area is 192 Å². The Morgan fingerprint density at radius 2 is 2.06 bits per heavy atom. The first-order chi connectivity index (χ1) is 16.0. The summed E-state index contributed by atoms with van der Waals surface area (Å²) in [6, 6.07) is 13.2. The molecule has 0 amide bonds. The van der Waals surface area contributed by atoms with Crippen molar-refractivity contribution < 1.29 is 14.2 Å². The van der Waals surface area contributed by atoms with Crippen molar-refractivity contribution in [2.75, 3.05) is 18.4 Å². The van der Waals surface area contributed by atoms with Gasteiger partial charge in [-0.25, -0.2) is 14.4 Å². The number of aromatic nitrogens is 2. The predicted octanol–water partition coefficient (Wildman–Crippen LogP) is 4.20. The van der Waals surface area contributed by atoms with E-state index < -0.39 is 12.0 Å². The number of hydrogen-bond acceptors (Lipinski definition) is 7. The topological polar surface area (TPSA) is 94.4 Å². The van der Waals surface area contributed by atoms with E-state index in [4.69, 9.17) is 10.1 Å². The summed E-state index contributed by atoms with van der Waals surface area (Å²) in [5.74, 6) is 0.753. The van der Waals surface area contributed by atoms with Crippen molar-refractivity contribution in [1.82, 2.24) is 14.9 Å². The standard InChI is InChI=1S/C25H26FN5O2/c1-2-23(32)31-13-5-6-18(15-31)30-25-20(14-28-16-29-25)24(27)17-9-11-19(12-10-17)33-22-8-4-3-7-21(22)26/h2-4,7-12,14,16,18,23,27,32H,1,5-6,13,15H2,(H,28,29,30). The highest BCUT2D eigenvalue weighted by atomic mass is 19.1. The Balaban J connectivity index is 1.48. The molecule has 1 aliphatic rings.